The van der Waals surface area contributed by atoms with Gasteiger partial charge in [-0.25, -0.2) is 0 Å². The van der Waals surface area contributed by atoms with E-state index in [1.165, 1.54) is 0 Å². The van der Waals surface area contributed by atoms with Gasteiger partial charge in [0.1, 0.15) is 0 Å². The standard InChI is InChI=1S/C6H5.CH4S.BrH.Mg/c1-2-4-6-5-3-1;1-2;;/h1-5H;2H,1H3;1H;/q-1;;;+2. The zero-order valence-corrected chi connectivity index (χ0v) is 9.97. The van der Waals surface area contributed by atoms with Crippen molar-refractivity contribution in [3.8, 4) is 0 Å². The predicted octanol–water partition coefficient (Wildman–Crippen LogP) is 2.23. The third kappa shape index (κ3) is 11.6. The average Bonchev–Trinajstić information content (AvgIpc) is 1.96. The zero-order valence-electron chi connectivity index (χ0n) is 5.95. The van der Waals surface area contributed by atoms with Gasteiger partial charge in [0.25, 0.3) is 0 Å². The summed E-state index contributed by atoms with van der Waals surface area (Å²) in [5, 5.41) is 0. The summed E-state index contributed by atoms with van der Waals surface area (Å²) in [5.41, 5.74) is 0. The minimum atomic E-state index is 0. The summed E-state index contributed by atoms with van der Waals surface area (Å²) in [6.45, 7) is 0. The Morgan fingerprint density at radius 3 is 1.50 bits per heavy atom. The molecule has 52 valence electrons. The van der Waals surface area contributed by atoms with Gasteiger partial charge in [-0.15, -0.1) is 17.0 Å². The SMILES string of the molecule is Br.CS.[Mg+2].[c-]1ccccc1. The fourth-order valence-electron chi connectivity index (χ4n) is 0.342. The van der Waals surface area contributed by atoms with Crippen molar-refractivity contribution in [1.82, 2.24) is 0 Å². The molecule has 0 unspecified atom stereocenters. The normalized spacial score (nSPS) is 5.40. The number of thiol groups is 1. The molecule has 0 saturated carbocycles. The maximum atomic E-state index is 3.53. The summed E-state index contributed by atoms with van der Waals surface area (Å²) in [6, 6.07) is 12.5. The summed E-state index contributed by atoms with van der Waals surface area (Å²) in [6.07, 6.45) is 1.69. The second kappa shape index (κ2) is 16.4. The van der Waals surface area contributed by atoms with Crippen molar-refractivity contribution in [2.45, 2.75) is 0 Å². The molecule has 0 N–H and O–H groups in total. The average molecular weight is 230 g/mol. The second-order valence-electron chi connectivity index (χ2n) is 1.08. The van der Waals surface area contributed by atoms with Crippen molar-refractivity contribution in [2.24, 2.45) is 0 Å². The summed E-state index contributed by atoms with van der Waals surface area (Å²) >= 11 is 3.53. The quantitative estimate of drug-likeness (QED) is 0.394. The summed E-state index contributed by atoms with van der Waals surface area (Å²) in [5.74, 6) is 0. The Morgan fingerprint density at radius 1 is 1.00 bits per heavy atom. The van der Waals surface area contributed by atoms with Crippen LogP contribution in [0.1, 0.15) is 0 Å². The Hall–Kier alpha value is 0.816. The van der Waals surface area contributed by atoms with Gasteiger partial charge in [0, 0.05) is 0 Å². The Morgan fingerprint density at radius 2 is 1.40 bits per heavy atom. The summed E-state index contributed by atoms with van der Waals surface area (Å²) < 4.78 is 0. The second-order valence-corrected chi connectivity index (χ2v) is 1.08. The van der Waals surface area contributed by atoms with Crippen LogP contribution in [0.4, 0.5) is 0 Å². The van der Waals surface area contributed by atoms with E-state index in [2.05, 4.69) is 18.7 Å². The van der Waals surface area contributed by atoms with Crippen molar-refractivity contribution < 1.29 is 0 Å². The van der Waals surface area contributed by atoms with Crippen molar-refractivity contribution in [2.75, 3.05) is 6.26 Å². The van der Waals surface area contributed by atoms with Crippen LogP contribution in [0.3, 0.4) is 0 Å². The molecule has 0 aliphatic carbocycles. The summed E-state index contributed by atoms with van der Waals surface area (Å²) in [4.78, 5) is 0. The van der Waals surface area contributed by atoms with E-state index in [0.29, 0.717) is 0 Å². The first-order chi connectivity index (χ1) is 4.00. The van der Waals surface area contributed by atoms with E-state index in [1.807, 2.05) is 30.3 Å². The first-order valence-electron chi connectivity index (χ1n) is 2.36. The first-order valence-corrected chi connectivity index (χ1v) is 3.25. The van der Waals surface area contributed by atoms with E-state index in [9.17, 15) is 0 Å². The molecule has 0 atom stereocenters. The maximum absolute atomic E-state index is 3.53. The van der Waals surface area contributed by atoms with Crippen molar-refractivity contribution in [1.29, 1.82) is 0 Å². The van der Waals surface area contributed by atoms with Crippen LogP contribution in [-0.4, -0.2) is 29.3 Å². The minimum absolute atomic E-state index is 0. The van der Waals surface area contributed by atoms with Crippen LogP contribution in [0.15, 0.2) is 30.3 Å². The fourth-order valence-corrected chi connectivity index (χ4v) is 0.342. The third-order valence-corrected chi connectivity index (χ3v) is 0.607. The van der Waals surface area contributed by atoms with Crippen LogP contribution in [0.25, 0.3) is 0 Å². The molecule has 0 aliphatic rings. The van der Waals surface area contributed by atoms with Gasteiger partial charge < -0.3 is 0 Å². The van der Waals surface area contributed by atoms with Crippen LogP contribution in [-0.2, 0) is 0 Å². The van der Waals surface area contributed by atoms with E-state index in [4.69, 9.17) is 0 Å². The van der Waals surface area contributed by atoms with Gasteiger partial charge in [-0.05, 0) is 6.26 Å². The molecule has 3 heteroatoms. The largest absolute Gasteiger partial charge is 2.00 e. The predicted molar refractivity (Wildman–Crippen MR) is 56.3 cm³/mol. The molecule has 10 heavy (non-hydrogen) atoms. The van der Waals surface area contributed by atoms with Gasteiger partial charge in [-0.3, -0.25) is 0 Å². The Kier molecular flexibility index (Phi) is 28.0. The van der Waals surface area contributed by atoms with Gasteiger partial charge >= 0.3 is 23.1 Å². The van der Waals surface area contributed by atoms with Gasteiger partial charge in [-0.2, -0.15) is 49.0 Å². The van der Waals surface area contributed by atoms with Crippen LogP contribution in [0.5, 0.6) is 0 Å². The molecule has 1 aromatic carbocycles. The molecule has 0 bridgehead atoms. The van der Waals surface area contributed by atoms with Gasteiger partial charge in [0.15, 0.2) is 0 Å². The number of hydrogen-bond donors (Lipinski definition) is 1. The Labute approximate surface area is 94.7 Å². The monoisotopic (exact) mass is 229 g/mol. The zero-order chi connectivity index (χ0) is 6.24. The molecule has 0 radical (unpaired) electrons. The third-order valence-electron chi connectivity index (χ3n) is 0.607. The first kappa shape index (κ1) is 17.1. The van der Waals surface area contributed by atoms with E-state index in [1.54, 1.807) is 6.26 Å². The van der Waals surface area contributed by atoms with Crippen LogP contribution in [0, 0.1) is 6.07 Å². The van der Waals surface area contributed by atoms with Crippen molar-refractivity contribution in [3.05, 3.63) is 36.4 Å². The molecule has 0 amide bonds. The molecule has 0 spiro atoms. The van der Waals surface area contributed by atoms with Gasteiger partial charge in [-0.1, -0.05) is 0 Å². The van der Waals surface area contributed by atoms with Crippen molar-refractivity contribution in [3.63, 3.8) is 0 Å². The summed E-state index contributed by atoms with van der Waals surface area (Å²) in [7, 11) is 0. The molecule has 0 fully saturated rings. The molecule has 0 heterocycles. The molecule has 1 rings (SSSR count). The van der Waals surface area contributed by atoms with Crippen molar-refractivity contribution >= 4 is 52.7 Å². The molecular weight excluding hydrogens is 220 g/mol. The van der Waals surface area contributed by atoms with E-state index >= 15 is 0 Å². The topological polar surface area (TPSA) is 0 Å². The number of benzene rings is 1. The maximum Gasteiger partial charge on any atom is 2.00 e. The van der Waals surface area contributed by atoms with Gasteiger partial charge in [0.05, 0.1) is 0 Å². The van der Waals surface area contributed by atoms with E-state index in [-0.39, 0.29) is 40.0 Å². The molecule has 0 nitrogen and oxygen atoms in total. The fraction of sp³-hybridized carbons (Fsp3) is 0.143. The minimum Gasteiger partial charge on any atom is -0.184 e. The van der Waals surface area contributed by atoms with E-state index in [0.717, 1.165) is 0 Å². The molecule has 1 aromatic rings. The number of hydrogen-bond acceptors (Lipinski definition) is 1. The molecular formula is C7H10BrMgS+. The van der Waals surface area contributed by atoms with Gasteiger partial charge in [0.2, 0.25) is 0 Å². The van der Waals surface area contributed by atoms with Crippen LogP contribution in [0.2, 0.25) is 0 Å². The number of rotatable bonds is 0. The molecule has 0 aromatic heterocycles. The smallest absolute Gasteiger partial charge is 0.184 e. The molecule has 0 saturated heterocycles. The Bertz CT molecular complexity index is 85.5. The van der Waals surface area contributed by atoms with Crippen LogP contribution >= 0.6 is 29.6 Å². The Balaban J connectivity index is -0.000000114. The number of halogens is 1. The molecule has 0 aliphatic heterocycles. The van der Waals surface area contributed by atoms with E-state index < -0.39 is 0 Å². The van der Waals surface area contributed by atoms with Crippen LogP contribution < -0.4 is 0 Å².